The monoisotopic (exact) mass is 289 g/mol. The van der Waals surface area contributed by atoms with Crippen molar-refractivity contribution in [2.45, 2.75) is 6.92 Å². The van der Waals surface area contributed by atoms with E-state index in [4.69, 9.17) is 9.15 Å². The second kappa shape index (κ2) is 6.00. The van der Waals surface area contributed by atoms with E-state index in [9.17, 15) is 19.7 Å². The van der Waals surface area contributed by atoms with Gasteiger partial charge in [-0.05, 0) is 19.1 Å². The fourth-order valence-electron chi connectivity index (χ4n) is 1.76. The van der Waals surface area contributed by atoms with Crippen molar-refractivity contribution in [3.05, 3.63) is 62.5 Å². The lowest BCUT2D eigenvalue weighted by Gasteiger charge is -2.05. The third kappa shape index (κ3) is 3.14. The summed E-state index contributed by atoms with van der Waals surface area (Å²) >= 11 is 0. The summed E-state index contributed by atoms with van der Waals surface area (Å²) in [6.07, 6.45) is 1.14. The van der Waals surface area contributed by atoms with Crippen LogP contribution >= 0.6 is 0 Å². The third-order valence-corrected chi connectivity index (χ3v) is 2.67. The van der Waals surface area contributed by atoms with Crippen molar-refractivity contribution in [1.82, 2.24) is 0 Å². The number of nitrogens with zero attached hydrogens (tertiary/aromatic N) is 1. The number of nitro groups is 1. The van der Waals surface area contributed by atoms with Crippen molar-refractivity contribution in [3.63, 3.8) is 0 Å². The Hall–Kier alpha value is -2.96. The van der Waals surface area contributed by atoms with Crippen LogP contribution in [0.5, 0.6) is 0 Å². The number of carbonyl (C=O) groups is 1. The molecule has 0 amide bonds. The lowest BCUT2D eigenvalue weighted by atomic mass is 10.1. The zero-order valence-electron chi connectivity index (χ0n) is 11.1. The minimum atomic E-state index is -0.614. The molecule has 1 heterocycles. The van der Waals surface area contributed by atoms with Crippen LogP contribution < -0.4 is 5.43 Å². The average molecular weight is 289 g/mol. The molecule has 0 saturated heterocycles. The highest BCUT2D eigenvalue weighted by atomic mass is 16.6. The molecule has 0 bridgehead atoms. The number of esters is 1. The van der Waals surface area contributed by atoms with E-state index < -0.39 is 10.9 Å². The largest absolute Gasteiger partial charge is 0.464 e. The number of ether oxygens (including phenoxy) is 1. The molecule has 1 aromatic carbocycles. The first-order chi connectivity index (χ1) is 10.0. The highest BCUT2D eigenvalue weighted by Crippen LogP contribution is 2.30. The first-order valence-electron chi connectivity index (χ1n) is 6.07. The first kappa shape index (κ1) is 14.4. The summed E-state index contributed by atoms with van der Waals surface area (Å²) in [5.74, 6) is -0.590. The quantitative estimate of drug-likeness (QED) is 0.486. The molecule has 0 atom stereocenters. The van der Waals surface area contributed by atoms with Crippen LogP contribution in [0.1, 0.15) is 17.3 Å². The molecule has 0 spiro atoms. The molecule has 0 N–H and O–H groups in total. The summed E-state index contributed by atoms with van der Waals surface area (Å²) in [6.45, 7) is 1.84. The molecule has 0 radical (unpaired) electrons. The average Bonchev–Trinajstić information content (AvgIpc) is 2.46. The van der Waals surface area contributed by atoms with Gasteiger partial charge < -0.3 is 9.15 Å². The van der Waals surface area contributed by atoms with E-state index in [1.807, 2.05) is 0 Å². The summed E-state index contributed by atoms with van der Waals surface area (Å²) < 4.78 is 9.96. The Kier molecular flexibility index (Phi) is 4.13. The highest BCUT2D eigenvalue weighted by Gasteiger charge is 2.20. The number of benzene rings is 1. The van der Waals surface area contributed by atoms with Gasteiger partial charge in [-0.2, -0.15) is 0 Å². The van der Waals surface area contributed by atoms with E-state index in [0.29, 0.717) is 0 Å². The smallest absolute Gasteiger partial charge is 0.338 e. The summed E-state index contributed by atoms with van der Waals surface area (Å²) in [4.78, 5) is 33.5. The van der Waals surface area contributed by atoms with Crippen LogP contribution in [-0.4, -0.2) is 17.5 Å². The zero-order chi connectivity index (χ0) is 15.4. The van der Waals surface area contributed by atoms with Gasteiger partial charge in [0.25, 0.3) is 5.69 Å². The molecule has 0 aliphatic rings. The molecule has 1 aromatic heterocycles. The van der Waals surface area contributed by atoms with Gasteiger partial charge in [0.1, 0.15) is 5.76 Å². The van der Waals surface area contributed by atoms with Gasteiger partial charge in [0, 0.05) is 18.2 Å². The Morgan fingerprint density at radius 3 is 2.71 bits per heavy atom. The molecule has 21 heavy (non-hydrogen) atoms. The zero-order valence-corrected chi connectivity index (χ0v) is 11.1. The SMILES string of the molecule is CCOC(=O)c1ccc([N+](=O)[O-])c(-c2cc(=O)cco2)c1. The maximum Gasteiger partial charge on any atom is 0.338 e. The van der Waals surface area contributed by atoms with E-state index >= 15 is 0 Å². The normalized spacial score (nSPS) is 10.1. The van der Waals surface area contributed by atoms with Gasteiger partial charge in [0.05, 0.1) is 28.9 Å². The van der Waals surface area contributed by atoms with Crippen LogP contribution in [0.4, 0.5) is 5.69 Å². The molecule has 0 aliphatic heterocycles. The predicted molar refractivity (Wildman–Crippen MR) is 73.0 cm³/mol. The van der Waals surface area contributed by atoms with Crippen molar-refractivity contribution >= 4 is 11.7 Å². The van der Waals surface area contributed by atoms with Crippen LogP contribution in [0.2, 0.25) is 0 Å². The second-order valence-electron chi connectivity index (χ2n) is 4.04. The molecule has 7 heteroatoms. The van der Waals surface area contributed by atoms with E-state index in [-0.39, 0.29) is 34.6 Å². The Morgan fingerprint density at radius 1 is 1.33 bits per heavy atom. The molecule has 108 valence electrons. The van der Waals surface area contributed by atoms with Crippen molar-refractivity contribution in [2.75, 3.05) is 6.61 Å². The maximum atomic E-state index is 11.7. The van der Waals surface area contributed by atoms with Gasteiger partial charge in [-0.15, -0.1) is 0 Å². The Balaban J connectivity index is 2.60. The standard InChI is InChI=1S/C14H11NO6/c1-2-20-14(17)9-3-4-12(15(18)19)11(7-9)13-8-10(16)5-6-21-13/h3-8H,2H2,1H3. The maximum absolute atomic E-state index is 11.7. The lowest BCUT2D eigenvalue weighted by molar-refractivity contribution is -0.384. The van der Waals surface area contributed by atoms with Crippen LogP contribution in [0.25, 0.3) is 11.3 Å². The van der Waals surface area contributed by atoms with Gasteiger partial charge in [0.2, 0.25) is 0 Å². The van der Waals surface area contributed by atoms with Crippen LogP contribution in [0.3, 0.4) is 0 Å². The number of rotatable bonds is 4. The van der Waals surface area contributed by atoms with E-state index in [1.54, 1.807) is 6.92 Å². The number of nitro benzene ring substituents is 1. The van der Waals surface area contributed by atoms with Gasteiger partial charge in [-0.25, -0.2) is 4.79 Å². The van der Waals surface area contributed by atoms with Crippen molar-refractivity contribution in [1.29, 1.82) is 0 Å². The van der Waals surface area contributed by atoms with Gasteiger partial charge in [0.15, 0.2) is 5.43 Å². The van der Waals surface area contributed by atoms with Gasteiger partial charge >= 0.3 is 5.97 Å². The first-order valence-corrected chi connectivity index (χ1v) is 6.07. The van der Waals surface area contributed by atoms with E-state index in [1.165, 1.54) is 24.3 Å². The van der Waals surface area contributed by atoms with Crippen LogP contribution in [-0.2, 0) is 4.74 Å². The molecule has 0 unspecified atom stereocenters. The summed E-state index contributed by atoms with van der Waals surface area (Å²) in [7, 11) is 0. The van der Waals surface area contributed by atoms with Gasteiger partial charge in [-0.3, -0.25) is 14.9 Å². The molecular weight excluding hydrogens is 278 g/mol. The van der Waals surface area contributed by atoms with Crippen LogP contribution in [0, 0.1) is 10.1 Å². The van der Waals surface area contributed by atoms with E-state index in [0.717, 1.165) is 12.3 Å². The molecule has 2 rings (SSSR count). The molecule has 2 aromatic rings. The Bertz CT molecular complexity index is 749. The fraction of sp³-hybridized carbons (Fsp3) is 0.143. The highest BCUT2D eigenvalue weighted by molar-refractivity contribution is 5.92. The van der Waals surface area contributed by atoms with Crippen LogP contribution in [0.15, 0.2) is 45.8 Å². The predicted octanol–water partition coefficient (Wildman–Crippen LogP) is 2.39. The summed E-state index contributed by atoms with van der Waals surface area (Å²) in [5, 5.41) is 11.1. The topological polar surface area (TPSA) is 99.6 Å². The molecule has 7 nitrogen and oxygen atoms in total. The minimum absolute atomic E-state index is 0.0142. The van der Waals surface area contributed by atoms with Crippen molar-refractivity contribution in [2.24, 2.45) is 0 Å². The molecule has 0 fully saturated rings. The van der Waals surface area contributed by atoms with Gasteiger partial charge in [-0.1, -0.05) is 0 Å². The number of hydrogen-bond acceptors (Lipinski definition) is 6. The lowest BCUT2D eigenvalue weighted by Crippen LogP contribution is -2.06. The van der Waals surface area contributed by atoms with Crippen molar-refractivity contribution in [3.8, 4) is 11.3 Å². The Morgan fingerprint density at radius 2 is 2.10 bits per heavy atom. The molecular formula is C14H11NO6. The molecule has 0 aliphatic carbocycles. The summed E-state index contributed by atoms with van der Waals surface area (Å²) in [6, 6.07) is 6.05. The third-order valence-electron chi connectivity index (χ3n) is 2.67. The molecule has 0 saturated carbocycles. The second-order valence-corrected chi connectivity index (χ2v) is 4.04. The number of carbonyl (C=O) groups excluding carboxylic acids is 1. The summed E-state index contributed by atoms with van der Waals surface area (Å²) in [5.41, 5.74) is -0.434. The van der Waals surface area contributed by atoms with E-state index in [2.05, 4.69) is 0 Å². The minimum Gasteiger partial charge on any atom is -0.464 e. The fourth-order valence-corrected chi connectivity index (χ4v) is 1.76. The Labute approximate surface area is 118 Å². The number of hydrogen-bond donors (Lipinski definition) is 0. The van der Waals surface area contributed by atoms with Crippen molar-refractivity contribution < 1.29 is 18.9 Å².